The van der Waals surface area contributed by atoms with Gasteiger partial charge >= 0.3 is 0 Å². The first-order chi connectivity index (χ1) is 9.15. The highest BCUT2D eigenvalue weighted by Gasteiger charge is 2.29. The number of amides is 2. The minimum absolute atomic E-state index is 0.0862. The third kappa shape index (κ3) is 2.07. The fraction of sp³-hybridized carbons (Fsp3) is 0.214. The average Bonchev–Trinajstić information content (AvgIpc) is 2.70. The molecule has 0 atom stereocenters. The summed E-state index contributed by atoms with van der Waals surface area (Å²) >= 11 is 0. The van der Waals surface area contributed by atoms with Crippen LogP contribution in [0.1, 0.15) is 18.4 Å². The number of benzene rings is 1. The minimum atomic E-state index is -0.394. The fourth-order valence-electron chi connectivity index (χ4n) is 2.32. The number of likely N-dealkylation sites (tertiary alicyclic amines) is 1. The van der Waals surface area contributed by atoms with Crippen molar-refractivity contribution in [3.63, 3.8) is 0 Å². The van der Waals surface area contributed by atoms with E-state index in [1.807, 2.05) is 0 Å². The lowest BCUT2D eigenvalue weighted by molar-refractivity contribution is -0.139. The SMILES string of the molecule is O=C1CCC(=O)N1Cc1cc(F)cc2cccnc12. The molecule has 1 fully saturated rings. The predicted octanol–water partition coefficient (Wildman–Crippen LogP) is 2.02. The first-order valence-corrected chi connectivity index (χ1v) is 6.01. The van der Waals surface area contributed by atoms with Crippen LogP contribution in [0.15, 0.2) is 30.5 Å². The van der Waals surface area contributed by atoms with Gasteiger partial charge in [0, 0.05) is 30.0 Å². The molecule has 1 saturated heterocycles. The molecule has 4 nitrogen and oxygen atoms in total. The van der Waals surface area contributed by atoms with E-state index in [1.165, 1.54) is 17.0 Å². The topological polar surface area (TPSA) is 50.3 Å². The van der Waals surface area contributed by atoms with Crippen molar-refractivity contribution in [3.8, 4) is 0 Å². The van der Waals surface area contributed by atoms with Crippen LogP contribution in [-0.4, -0.2) is 21.7 Å². The van der Waals surface area contributed by atoms with E-state index in [2.05, 4.69) is 4.98 Å². The van der Waals surface area contributed by atoms with E-state index in [0.29, 0.717) is 16.5 Å². The van der Waals surface area contributed by atoms with Crippen molar-refractivity contribution < 1.29 is 14.0 Å². The standard InChI is InChI=1S/C14H11FN2O2/c15-11-6-9-2-1-5-16-14(9)10(7-11)8-17-12(18)3-4-13(17)19/h1-2,5-7H,3-4,8H2. The molecule has 1 aliphatic heterocycles. The number of rotatable bonds is 2. The van der Waals surface area contributed by atoms with Crippen LogP contribution in [0.4, 0.5) is 4.39 Å². The summed E-state index contributed by atoms with van der Waals surface area (Å²) < 4.78 is 13.5. The molecular weight excluding hydrogens is 247 g/mol. The lowest BCUT2D eigenvalue weighted by Gasteiger charge is -2.15. The molecule has 2 aromatic rings. The second-order valence-electron chi connectivity index (χ2n) is 4.51. The molecule has 5 heteroatoms. The number of pyridine rings is 1. The van der Waals surface area contributed by atoms with Gasteiger partial charge in [0.05, 0.1) is 12.1 Å². The van der Waals surface area contributed by atoms with Crippen LogP contribution in [0, 0.1) is 5.82 Å². The molecule has 0 bridgehead atoms. The third-order valence-electron chi connectivity index (χ3n) is 3.23. The van der Waals surface area contributed by atoms with Gasteiger partial charge < -0.3 is 0 Å². The molecule has 1 aliphatic rings. The first-order valence-electron chi connectivity index (χ1n) is 6.01. The Bertz CT molecular complexity index is 668. The molecule has 0 saturated carbocycles. The normalized spacial score (nSPS) is 15.5. The zero-order chi connectivity index (χ0) is 13.4. The van der Waals surface area contributed by atoms with Gasteiger partial charge in [-0.05, 0) is 18.2 Å². The Hall–Kier alpha value is -2.30. The number of hydrogen-bond donors (Lipinski definition) is 0. The molecule has 19 heavy (non-hydrogen) atoms. The Labute approximate surface area is 108 Å². The summed E-state index contributed by atoms with van der Waals surface area (Å²) in [6, 6.07) is 6.19. The summed E-state index contributed by atoms with van der Waals surface area (Å²) in [5, 5.41) is 0.664. The van der Waals surface area contributed by atoms with Crippen molar-refractivity contribution in [3.05, 3.63) is 41.8 Å². The molecule has 2 heterocycles. The highest BCUT2D eigenvalue weighted by molar-refractivity contribution is 6.02. The number of hydrogen-bond acceptors (Lipinski definition) is 3. The second kappa shape index (κ2) is 4.42. The van der Waals surface area contributed by atoms with Crippen LogP contribution in [0.5, 0.6) is 0 Å². The van der Waals surface area contributed by atoms with Gasteiger partial charge in [0.25, 0.3) is 0 Å². The van der Waals surface area contributed by atoms with Crippen LogP contribution in [-0.2, 0) is 16.1 Å². The number of aromatic nitrogens is 1. The Morgan fingerprint density at radius 1 is 1.21 bits per heavy atom. The molecule has 0 unspecified atom stereocenters. The lowest BCUT2D eigenvalue weighted by atomic mass is 10.1. The Morgan fingerprint density at radius 2 is 1.95 bits per heavy atom. The minimum Gasteiger partial charge on any atom is -0.278 e. The monoisotopic (exact) mass is 258 g/mol. The lowest BCUT2D eigenvalue weighted by Crippen LogP contribution is -2.28. The van der Waals surface area contributed by atoms with E-state index >= 15 is 0 Å². The molecule has 0 aliphatic carbocycles. The molecular formula is C14H11FN2O2. The van der Waals surface area contributed by atoms with Gasteiger partial charge in [0.2, 0.25) is 11.8 Å². The van der Waals surface area contributed by atoms with Crippen LogP contribution >= 0.6 is 0 Å². The second-order valence-corrected chi connectivity index (χ2v) is 4.51. The predicted molar refractivity (Wildman–Crippen MR) is 66.5 cm³/mol. The van der Waals surface area contributed by atoms with Gasteiger partial charge in [-0.3, -0.25) is 19.5 Å². The number of fused-ring (bicyclic) bond motifs is 1. The Morgan fingerprint density at radius 3 is 2.68 bits per heavy atom. The first kappa shape index (κ1) is 11.8. The third-order valence-corrected chi connectivity index (χ3v) is 3.23. The van der Waals surface area contributed by atoms with Gasteiger partial charge in [-0.2, -0.15) is 0 Å². The van der Waals surface area contributed by atoms with Gasteiger partial charge in [0.15, 0.2) is 0 Å². The molecule has 96 valence electrons. The summed E-state index contributed by atoms with van der Waals surface area (Å²) in [5.41, 5.74) is 1.18. The number of carbonyl (C=O) groups is 2. The smallest absolute Gasteiger partial charge is 0.229 e. The van der Waals surface area contributed by atoms with E-state index in [9.17, 15) is 14.0 Å². The van der Waals surface area contributed by atoms with Gasteiger partial charge in [-0.15, -0.1) is 0 Å². The highest BCUT2D eigenvalue weighted by atomic mass is 19.1. The van der Waals surface area contributed by atoms with Crippen LogP contribution in [0.3, 0.4) is 0 Å². The number of carbonyl (C=O) groups excluding carboxylic acids is 2. The Kier molecular flexibility index (Phi) is 2.74. The molecule has 1 aromatic heterocycles. The van der Waals surface area contributed by atoms with Crippen LogP contribution in [0.25, 0.3) is 10.9 Å². The number of imide groups is 1. The molecule has 2 amide bonds. The van der Waals surface area contributed by atoms with Crippen molar-refractivity contribution in [2.24, 2.45) is 0 Å². The van der Waals surface area contributed by atoms with Gasteiger partial charge in [-0.1, -0.05) is 6.07 Å². The highest BCUT2D eigenvalue weighted by Crippen LogP contribution is 2.22. The summed E-state index contributed by atoms with van der Waals surface area (Å²) in [7, 11) is 0. The molecule has 1 aromatic carbocycles. The fourth-order valence-corrected chi connectivity index (χ4v) is 2.32. The molecule has 0 spiro atoms. The molecule has 0 N–H and O–H groups in total. The van der Waals surface area contributed by atoms with Crippen molar-refractivity contribution in [1.82, 2.24) is 9.88 Å². The largest absolute Gasteiger partial charge is 0.278 e. The number of nitrogens with zero attached hydrogens (tertiary/aromatic N) is 2. The summed E-state index contributed by atoms with van der Waals surface area (Å²) in [5.74, 6) is -0.814. The summed E-state index contributed by atoms with van der Waals surface area (Å²) in [4.78, 5) is 28.6. The molecule has 3 rings (SSSR count). The van der Waals surface area contributed by atoms with Crippen molar-refractivity contribution in [1.29, 1.82) is 0 Å². The maximum absolute atomic E-state index is 13.5. The zero-order valence-corrected chi connectivity index (χ0v) is 10.1. The maximum Gasteiger partial charge on any atom is 0.229 e. The van der Waals surface area contributed by atoms with E-state index in [1.54, 1.807) is 18.3 Å². The van der Waals surface area contributed by atoms with Crippen molar-refractivity contribution >= 4 is 22.7 Å². The summed E-state index contributed by atoms with van der Waals surface area (Å²) in [6.45, 7) is 0.0862. The zero-order valence-electron chi connectivity index (χ0n) is 10.1. The van der Waals surface area contributed by atoms with Gasteiger partial charge in [-0.25, -0.2) is 4.39 Å². The van der Waals surface area contributed by atoms with Gasteiger partial charge in [0.1, 0.15) is 5.82 Å². The van der Waals surface area contributed by atoms with E-state index in [-0.39, 0.29) is 31.2 Å². The molecule has 0 radical (unpaired) electrons. The maximum atomic E-state index is 13.5. The van der Waals surface area contributed by atoms with Crippen molar-refractivity contribution in [2.75, 3.05) is 0 Å². The van der Waals surface area contributed by atoms with E-state index in [0.717, 1.165) is 0 Å². The van der Waals surface area contributed by atoms with Crippen molar-refractivity contribution in [2.45, 2.75) is 19.4 Å². The van der Waals surface area contributed by atoms with E-state index < -0.39 is 5.82 Å². The number of halogens is 1. The van der Waals surface area contributed by atoms with Crippen LogP contribution < -0.4 is 0 Å². The van der Waals surface area contributed by atoms with E-state index in [4.69, 9.17) is 0 Å². The average molecular weight is 258 g/mol. The Balaban J connectivity index is 2.05. The summed E-state index contributed by atoms with van der Waals surface area (Å²) in [6.07, 6.45) is 2.08. The van der Waals surface area contributed by atoms with Crippen LogP contribution in [0.2, 0.25) is 0 Å². The quantitative estimate of drug-likeness (QED) is 0.774.